The Labute approximate surface area is 173 Å². The van der Waals surface area contributed by atoms with Crippen LogP contribution in [0, 0.1) is 0 Å². The average molecular weight is 408 g/mol. The van der Waals surface area contributed by atoms with Crippen LogP contribution >= 0.6 is 0 Å². The van der Waals surface area contributed by atoms with Gasteiger partial charge in [-0.2, -0.15) is 0 Å². The van der Waals surface area contributed by atoms with Crippen molar-refractivity contribution in [1.82, 2.24) is 0 Å². The van der Waals surface area contributed by atoms with Crippen LogP contribution in [-0.4, -0.2) is 31.3 Å². The van der Waals surface area contributed by atoms with Gasteiger partial charge in [0.05, 0.1) is 25.3 Å². The van der Waals surface area contributed by atoms with Gasteiger partial charge in [0.1, 0.15) is 29.6 Å². The molecule has 7 nitrogen and oxygen atoms in total. The van der Waals surface area contributed by atoms with Gasteiger partial charge >= 0.3 is 11.9 Å². The Morgan fingerprint density at radius 2 is 1.23 bits per heavy atom. The number of rotatable bonds is 7. The summed E-state index contributed by atoms with van der Waals surface area (Å²) in [7, 11) is 3.07. The number of hydrogen-bond acceptors (Lipinski definition) is 7. The average Bonchev–Trinajstić information content (AvgIpc) is 2.79. The number of hydrogen-bond donors (Lipinski definition) is 1. The van der Waals surface area contributed by atoms with Crippen molar-refractivity contribution in [3.8, 4) is 23.0 Å². The highest BCUT2D eigenvalue weighted by Crippen LogP contribution is 2.25. The highest BCUT2D eigenvalue weighted by molar-refractivity contribution is 5.91. The lowest BCUT2D eigenvalue weighted by atomic mass is 10.2. The van der Waals surface area contributed by atoms with Gasteiger partial charge < -0.3 is 24.1 Å². The summed E-state index contributed by atoms with van der Waals surface area (Å²) >= 11 is 0. The van der Waals surface area contributed by atoms with Crippen molar-refractivity contribution in [2.75, 3.05) is 14.2 Å². The van der Waals surface area contributed by atoms with Crippen molar-refractivity contribution in [3.63, 3.8) is 0 Å². The van der Waals surface area contributed by atoms with Gasteiger partial charge in [-0.15, -0.1) is 0 Å². The van der Waals surface area contributed by atoms with Crippen LogP contribution in [0.4, 0.5) is 0 Å². The van der Waals surface area contributed by atoms with Gasteiger partial charge in [-0.25, -0.2) is 9.59 Å². The Bertz CT molecular complexity index is 1020. The quantitative estimate of drug-likeness (QED) is 0.467. The van der Waals surface area contributed by atoms with Gasteiger partial charge in [0.15, 0.2) is 0 Å². The number of carbonyl (C=O) groups excluding carboxylic acids is 2. The number of benzene rings is 3. The van der Waals surface area contributed by atoms with E-state index in [1.54, 1.807) is 48.5 Å². The third-order valence-corrected chi connectivity index (χ3v) is 4.27. The summed E-state index contributed by atoms with van der Waals surface area (Å²) in [6.07, 6.45) is 0. The lowest BCUT2D eigenvalue weighted by Gasteiger charge is -2.10. The standard InChI is InChI=1S/C23H20O7/c1-27-18-7-3-15(4-8-18)22(25)29-14-17-13-20(11-12-21(17)24)30-23(26)16-5-9-19(28-2)10-6-16/h3-13,24H,14H2,1-2H3. The van der Waals surface area contributed by atoms with Gasteiger partial charge in [0.25, 0.3) is 0 Å². The summed E-state index contributed by atoms with van der Waals surface area (Å²) in [5, 5.41) is 10.0. The molecular weight excluding hydrogens is 388 g/mol. The van der Waals surface area contributed by atoms with Crippen LogP contribution in [0.2, 0.25) is 0 Å². The van der Waals surface area contributed by atoms with Gasteiger partial charge in [0.2, 0.25) is 0 Å². The number of esters is 2. The molecular formula is C23H20O7. The fourth-order valence-electron chi connectivity index (χ4n) is 2.59. The van der Waals surface area contributed by atoms with Crippen molar-refractivity contribution in [1.29, 1.82) is 0 Å². The molecule has 0 spiro atoms. The first-order valence-electron chi connectivity index (χ1n) is 8.99. The molecule has 0 aliphatic heterocycles. The van der Waals surface area contributed by atoms with Crippen molar-refractivity contribution >= 4 is 11.9 Å². The summed E-state index contributed by atoms with van der Waals surface area (Å²) in [6, 6.07) is 17.2. The van der Waals surface area contributed by atoms with Crippen LogP contribution in [0.5, 0.6) is 23.0 Å². The number of aromatic hydroxyl groups is 1. The molecule has 0 bridgehead atoms. The predicted octanol–water partition coefficient (Wildman–Crippen LogP) is 3.99. The second kappa shape index (κ2) is 9.47. The third kappa shape index (κ3) is 5.08. The second-order valence-electron chi connectivity index (χ2n) is 6.21. The molecule has 0 aliphatic carbocycles. The van der Waals surface area contributed by atoms with Gasteiger partial charge in [-0.1, -0.05) is 0 Å². The third-order valence-electron chi connectivity index (χ3n) is 4.27. The van der Waals surface area contributed by atoms with E-state index in [-0.39, 0.29) is 18.1 Å². The molecule has 0 saturated carbocycles. The lowest BCUT2D eigenvalue weighted by molar-refractivity contribution is 0.0469. The molecule has 3 rings (SSSR count). The smallest absolute Gasteiger partial charge is 0.343 e. The molecule has 0 aromatic heterocycles. The number of phenolic OH excluding ortho intramolecular Hbond substituents is 1. The minimum atomic E-state index is -0.565. The van der Waals surface area contributed by atoms with Crippen LogP contribution in [-0.2, 0) is 11.3 Å². The monoisotopic (exact) mass is 408 g/mol. The lowest BCUT2D eigenvalue weighted by Crippen LogP contribution is -2.09. The molecule has 154 valence electrons. The first kappa shape index (κ1) is 20.7. The van der Waals surface area contributed by atoms with Crippen molar-refractivity contribution < 1.29 is 33.6 Å². The summed E-state index contributed by atoms with van der Waals surface area (Å²) in [6.45, 7) is -0.190. The Balaban J connectivity index is 1.65. The van der Waals surface area contributed by atoms with Gasteiger partial charge in [0, 0.05) is 5.56 Å². The van der Waals surface area contributed by atoms with Crippen LogP contribution < -0.4 is 14.2 Å². The van der Waals surface area contributed by atoms with E-state index in [0.29, 0.717) is 28.2 Å². The molecule has 0 heterocycles. The van der Waals surface area contributed by atoms with E-state index in [1.807, 2.05) is 0 Å². The minimum absolute atomic E-state index is 0.0817. The maximum absolute atomic E-state index is 12.3. The van der Waals surface area contributed by atoms with E-state index in [9.17, 15) is 14.7 Å². The molecule has 0 amide bonds. The first-order valence-corrected chi connectivity index (χ1v) is 8.99. The zero-order valence-electron chi connectivity index (χ0n) is 16.5. The summed E-state index contributed by atoms with van der Waals surface area (Å²) in [4.78, 5) is 24.5. The van der Waals surface area contributed by atoms with E-state index < -0.39 is 11.9 Å². The van der Waals surface area contributed by atoms with E-state index in [2.05, 4.69) is 0 Å². The first-order chi connectivity index (χ1) is 14.5. The second-order valence-corrected chi connectivity index (χ2v) is 6.21. The fraction of sp³-hybridized carbons (Fsp3) is 0.130. The molecule has 0 fully saturated rings. The molecule has 3 aromatic rings. The molecule has 7 heteroatoms. The maximum atomic E-state index is 12.3. The summed E-state index contributed by atoms with van der Waals surface area (Å²) in [5.74, 6) is 0.251. The molecule has 0 aliphatic rings. The SMILES string of the molecule is COc1ccc(C(=O)OCc2cc(OC(=O)c3ccc(OC)cc3)ccc2O)cc1. The van der Waals surface area contributed by atoms with Crippen LogP contribution in [0.3, 0.4) is 0 Å². The van der Waals surface area contributed by atoms with Crippen LogP contribution in [0.1, 0.15) is 26.3 Å². The zero-order valence-corrected chi connectivity index (χ0v) is 16.5. The minimum Gasteiger partial charge on any atom is -0.508 e. The van der Waals surface area contributed by atoms with E-state index in [0.717, 1.165) is 0 Å². The number of carbonyl (C=O) groups is 2. The molecule has 0 atom stereocenters. The largest absolute Gasteiger partial charge is 0.508 e. The molecule has 30 heavy (non-hydrogen) atoms. The summed E-state index contributed by atoms with van der Waals surface area (Å²) < 4.78 is 20.7. The Morgan fingerprint density at radius 3 is 1.77 bits per heavy atom. The number of phenols is 1. The topological polar surface area (TPSA) is 91.3 Å². The van der Waals surface area contributed by atoms with Crippen molar-refractivity contribution in [2.24, 2.45) is 0 Å². The van der Waals surface area contributed by atoms with Crippen LogP contribution in [0.25, 0.3) is 0 Å². The number of methoxy groups -OCH3 is 2. The molecule has 0 radical (unpaired) electrons. The van der Waals surface area contributed by atoms with Crippen molar-refractivity contribution in [2.45, 2.75) is 6.61 Å². The van der Waals surface area contributed by atoms with Gasteiger partial charge in [-0.3, -0.25) is 0 Å². The fourth-order valence-corrected chi connectivity index (χ4v) is 2.59. The predicted molar refractivity (Wildman–Crippen MR) is 108 cm³/mol. The summed E-state index contributed by atoms with van der Waals surface area (Å²) in [5.41, 5.74) is 0.991. The highest BCUT2D eigenvalue weighted by Gasteiger charge is 2.13. The Hall–Kier alpha value is -4.00. The van der Waals surface area contributed by atoms with Crippen molar-refractivity contribution in [3.05, 3.63) is 83.4 Å². The van der Waals surface area contributed by atoms with Crippen LogP contribution in [0.15, 0.2) is 66.7 Å². The Morgan fingerprint density at radius 1 is 0.733 bits per heavy atom. The zero-order chi connectivity index (χ0) is 21.5. The highest BCUT2D eigenvalue weighted by atomic mass is 16.5. The molecule has 0 saturated heterocycles. The van der Waals surface area contributed by atoms with E-state index >= 15 is 0 Å². The molecule has 0 unspecified atom stereocenters. The molecule has 1 N–H and O–H groups in total. The van der Waals surface area contributed by atoms with E-state index in [1.165, 1.54) is 32.4 Å². The Kier molecular flexibility index (Phi) is 6.54. The normalized spacial score (nSPS) is 10.2. The number of ether oxygens (including phenoxy) is 4. The van der Waals surface area contributed by atoms with E-state index in [4.69, 9.17) is 18.9 Å². The molecule has 3 aromatic carbocycles. The van der Waals surface area contributed by atoms with Gasteiger partial charge in [-0.05, 0) is 66.7 Å². The maximum Gasteiger partial charge on any atom is 0.343 e.